The van der Waals surface area contributed by atoms with E-state index in [9.17, 15) is 18.0 Å². The largest absolute Gasteiger partial charge is 0.469 e. The van der Waals surface area contributed by atoms with Crippen LogP contribution >= 0.6 is 0 Å². The molecule has 0 fully saturated rings. The van der Waals surface area contributed by atoms with Gasteiger partial charge in [0.05, 0.1) is 18.4 Å². The summed E-state index contributed by atoms with van der Waals surface area (Å²) >= 11 is 0. The van der Waals surface area contributed by atoms with Crippen molar-refractivity contribution in [3.05, 3.63) is 29.8 Å². The second kappa shape index (κ2) is 7.75. The summed E-state index contributed by atoms with van der Waals surface area (Å²) in [6.07, 6.45) is 0.0901. The molecule has 0 aliphatic carbocycles. The van der Waals surface area contributed by atoms with E-state index in [0.717, 1.165) is 0 Å². The summed E-state index contributed by atoms with van der Waals surface area (Å²) in [5, 5.41) is 2.49. The maximum atomic E-state index is 12.0. The van der Waals surface area contributed by atoms with Gasteiger partial charge in [-0.2, -0.15) is 0 Å². The molecule has 0 saturated heterocycles. The highest BCUT2D eigenvalue weighted by molar-refractivity contribution is 7.89. The van der Waals surface area contributed by atoms with Crippen LogP contribution in [0.15, 0.2) is 29.2 Å². The lowest BCUT2D eigenvalue weighted by Gasteiger charge is -2.08. The average molecular weight is 314 g/mol. The van der Waals surface area contributed by atoms with Gasteiger partial charge in [0.2, 0.25) is 15.9 Å². The van der Waals surface area contributed by atoms with Crippen LogP contribution in [0, 0.1) is 0 Å². The number of benzene rings is 1. The van der Waals surface area contributed by atoms with Crippen molar-refractivity contribution >= 4 is 21.9 Å². The summed E-state index contributed by atoms with van der Waals surface area (Å²) < 4.78 is 30.8. The van der Waals surface area contributed by atoms with E-state index in [2.05, 4.69) is 14.8 Å². The molecule has 0 aliphatic heterocycles. The van der Waals surface area contributed by atoms with E-state index in [-0.39, 0.29) is 36.3 Å². The van der Waals surface area contributed by atoms with E-state index in [1.54, 1.807) is 12.1 Å². The summed E-state index contributed by atoms with van der Waals surface area (Å²) in [5.41, 5.74) is 0.666. The van der Waals surface area contributed by atoms with Crippen LogP contribution in [0.3, 0.4) is 0 Å². The van der Waals surface area contributed by atoms with E-state index in [1.165, 1.54) is 26.2 Å². The lowest BCUT2D eigenvalue weighted by molar-refractivity contribution is -0.139. The second-order valence-electron chi connectivity index (χ2n) is 4.28. The molecule has 21 heavy (non-hydrogen) atoms. The molecule has 116 valence electrons. The Morgan fingerprint density at radius 3 is 2.29 bits per heavy atom. The molecule has 1 aromatic carbocycles. The number of hydrogen-bond donors (Lipinski definition) is 2. The number of esters is 1. The van der Waals surface area contributed by atoms with Crippen molar-refractivity contribution in [2.24, 2.45) is 0 Å². The van der Waals surface area contributed by atoms with E-state index in [0.29, 0.717) is 5.56 Å². The predicted molar refractivity (Wildman–Crippen MR) is 76.0 cm³/mol. The zero-order chi connectivity index (χ0) is 15.9. The van der Waals surface area contributed by atoms with Crippen molar-refractivity contribution in [2.45, 2.75) is 18.2 Å². The minimum Gasteiger partial charge on any atom is -0.469 e. The molecule has 7 nitrogen and oxygen atoms in total. The molecular weight excluding hydrogens is 296 g/mol. The lowest BCUT2D eigenvalue weighted by atomic mass is 10.2. The first-order valence-corrected chi connectivity index (χ1v) is 7.73. The van der Waals surface area contributed by atoms with Crippen LogP contribution < -0.4 is 10.0 Å². The molecule has 0 aromatic heterocycles. The molecule has 8 heteroatoms. The maximum absolute atomic E-state index is 12.0. The molecule has 0 unspecified atom stereocenters. The average Bonchev–Trinajstić information content (AvgIpc) is 2.44. The normalized spacial score (nSPS) is 11.0. The maximum Gasteiger partial charge on any atom is 0.309 e. The van der Waals surface area contributed by atoms with Crippen LogP contribution in [0.25, 0.3) is 0 Å². The molecule has 0 spiro atoms. The fourth-order valence-electron chi connectivity index (χ4n) is 1.53. The van der Waals surface area contributed by atoms with E-state index in [1.807, 2.05) is 0 Å². The SMILES string of the molecule is COC(=O)Cc1ccc(S(=O)(=O)NCCNC(C)=O)cc1. The van der Waals surface area contributed by atoms with Crippen LogP contribution in [0.2, 0.25) is 0 Å². The van der Waals surface area contributed by atoms with Crippen LogP contribution in [0.1, 0.15) is 12.5 Å². The number of carbonyl (C=O) groups is 2. The summed E-state index contributed by atoms with van der Waals surface area (Å²) in [5.74, 6) is -0.611. The number of nitrogens with one attached hydrogen (secondary N) is 2. The third-order valence-corrected chi connectivity index (χ3v) is 4.08. The van der Waals surface area contributed by atoms with Gasteiger partial charge in [-0.15, -0.1) is 0 Å². The highest BCUT2D eigenvalue weighted by Crippen LogP contribution is 2.11. The van der Waals surface area contributed by atoms with Gasteiger partial charge >= 0.3 is 5.97 Å². The van der Waals surface area contributed by atoms with E-state index in [4.69, 9.17) is 0 Å². The summed E-state index contributed by atoms with van der Waals surface area (Å²) in [6.45, 7) is 1.68. The summed E-state index contributed by atoms with van der Waals surface area (Å²) in [6, 6.07) is 5.94. The van der Waals surface area contributed by atoms with Gasteiger partial charge in [-0.1, -0.05) is 12.1 Å². The summed E-state index contributed by atoms with van der Waals surface area (Å²) in [7, 11) is -2.33. The van der Waals surface area contributed by atoms with Gasteiger partial charge in [0.25, 0.3) is 0 Å². The monoisotopic (exact) mass is 314 g/mol. The molecule has 1 aromatic rings. The molecule has 1 rings (SSSR count). The van der Waals surface area contributed by atoms with Crippen molar-refractivity contribution in [1.29, 1.82) is 0 Å². The molecule has 0 heterocycles. The van der Waals surface area contributed by atoms with Gasteiger partial charge in [-0.05, 0) is 17.7 Å². The second-order valence-corrected chi connectivity index (χ2v) is 6.04. The Morgan fingerprint density at radius 2 is 1.76 bits per heavy atom. The minimum absolute atomic E-state index is 0.0901. The third kappa shape index (κ3) is 5.92. The summed E-state index contributed by atoms with van der Waals surface area (Å²) in [4.78, 5) is 21.9. The molecule has 0 radical (unpaired) electrons. The van der Waals surface area contributed by atoms with Crippen LogP contribution in [-0.4, -0.2) is 40.5 Å². The first-order chi connectivity index (χ1) is 9.85. The molecule has 2 N–H and O–H groups in total. The first kappa shape index (κ1) is 17.1. The minimum atomic E-state index is -3.63. The zero-order valence-corrected chi connectivity index (χ0v) is 12.7. The fourth-order valence-corrected chi connectivity index (χ4v) is 2.56. The zero-order valence-electron chi connectivity index (χ0n) is 11.9. The Hall–Kier alpha value is -1.93. The fraction of sp³-hybridized carbons (Fsp3) is 0.385. The van der Waals surface area contributed by atoms with Crippen LogP contribution in [0.5, 0.6) is 0 Å². The Bertz CT molecular complexity index is 595. The smallest absolute Gasteiger partial charge is 0.309 e. The topological polar surface area (TPSA) is 102 Å². The van der Waals surface area contributed by atoms with Crippen molar-refractivity contribution < 1.29 is 22.7 Å². The van der Waals surface area contributed by atoms with Crippen molar-refractivity contribution in [1.82, 2.24) is 10.0 Å². The van der Waals surface area contributed by atoms with Crippen molar-refractivity contribution in [3.63, 3.8) is 0 Å². The van der Waals surface area contributed by atoms with Crippen LogP contribution in [0.4, 0.5) is 0 Å². The number of ether oxygens (including phenoxy) is 1. The van der Waals surface area contributed by atoms with Gasteiger partial charge < -0.3 is 10.1 Å². The molecule has 0 saturated carbocycles. The highest BCUT2D eigenvalue weighted by atomic mass is 32.2. The predicted octanol–water partition coefficient (Wildman–Crippen LogP) is -0.183. The molecular formula is C13H18N2O5S. The Kier molecular flexibility index (Phi) is 6.32. The Balaban J connectivity index is 2.62. The van der Waals surface area contributed by atoms with E-state index < -0.39 is 10.0 Å². The standard InChI is InChI=1S/C13H18N2O5S/c1-10(16)14-7-8-15-21(18,19)12-5-3-11(4-6-12)9-13(17)20-2/h3-6,15H,7-9H2,1-2H3,(H,14,16). The van der Waals surface area contributed by atoms with Gasteiger partial charge in [-0.25, -0.2) is 13.1 Å². The lowest BCUT2D eigenvalue weighted by Crippen LogP contribution is -2.33. The Labute approximate surface area is 123 Å². The highest BCUT2D eigenvalue weighted by Gasteiger charge is 2.13. The van der Waals surface area contributed by atoms with Crippen molar-refractivity contribution in [3.8, 4) is 0 Å². The van der Waals surface area contributed by atoms with Gasteiger partial charge in [0.15, 0.2) is 0 Å². The van der Waals surface area contributed by atoms with Gasteiger partial charge in [0.1, 0.15) is 0 Å². The Morgan fingerprint density at radius 1 is 1.14 bits per heavy atom. The quantitative estimate of drug-likeness (QED) is 0.537. The molecule has 1 amide bonds. The number of carbonyl (C=O) groups excluding carboxylic acids is 2. The number of methoxy groups -OCH3 is 1. The van der Waals surface area contributed by atoms with E-state index >= 15 is 0 Å². The molecule has 0 bridgehead atoms. The van der Waals surface area contributed by atoms with Crippen LogP contribution in [-0.2, 0) is 30.8 Å². The molecule has 0 aliphatic rings. The van der Waals surface area contributed by atoms with Gasteiger partial charge in [-0.3, -0.25) is 9.59 Å². The first-order valence-electron chi connectivity index (χ1n) is 6.25. The third-order valence-electron chi connectivity index (χ3n) is 2.60. The number of amides is 1. The number of sulfonamides is 1. The van der Waals surface area contributed by atoms with Crippen molar-refractivity contribution in [2.75, 3.05) is 20.2 Å². The van der Waals surface area contributed by atoms with Gasteiger partial charge in [0, 0.05) is 20.0 Å². The molecule has 0 atom stereocenters. The number of hydrogen-bond acceptors (Lipinski definition) is 5. The number of rotatable bonds is 7.